The Labute approximate surface area is 167 Å². The predicted octanol–water partition coefficient (Wildman–Crippen LogP) is 2.09. The monoisotopic (exact) mass is 400 g/mol. The van der Waals surface area contributed by atoms with Crippen molar-refractivity contribution in [2.75, 3.05) is 21.0 Å². The summed E-state index contributed by atoms with van der Waals surface area (Å²) in [6.45, 7) is 4.45. The predicted molar refractivity (Wildman–Crippen MR) is 110 cm³/mol. The summed E-state index contributed by atoms with van der Waals surface area (Å²) in [5.41, 5.74) is 0.795. The Morgan fingerprint density at radius 3 is 2.48 bits per heavy atom. The molecule has 0 spiro atoms. The number of hydrogen-bond donors (Lipinski definition) is 1. The number of aromatic nitrogens is 4. The van der Waals surface area contributed by atoms with Crippen LogP contribution in [0.2, 0.25) is 0 Å². The minimum atomic E-state index is -0.370. The maximum absolute atomic E-state index is 12.6. The number of hydrogen-bond acceptors (Lipinski definition) is 6. The van der Waals surface area contributed by atoms with E-state index in [0.717, 1.165) is 5.56 Å². The first-order valence-electron chi connectivity index (χ1n) is 9.25. The highest BCUT2D eigenvalue weighted by atomic mass is 16.7. The first-order chi connectivity index (χ1) is 14.0. The van der Waals surface area contributed by atoms with E-state index < -0.39 is 0 Å². The molecule has 0 unspecified atom stereocenters. The molecule has 0 aliphatic carbocycles. The number of rotatable bonds is 8. The lowest BCUT2D eigenvalue weighted by Gasteiger charge is -2.10. The van der Waals surface area contributed by atoms with E-state index in [1.54, 1.807) is 33.3 Å². The Morgan fingerprint density at radius 2 is 1.83 bits per heavy atom. The molecule has 154 valence electrons. The smallest absolute Gasteiger partial charge is 0.332 e. The number of fused-ring (bicyclic) bond motifs is 1. The fourth-order valence-corrected chi connectivity index (χ4v) is 3.03. The average molecular weight is 400 g/mol. The second-order valence-corrected chi connectivity index (χ2v) is 6.19. The van der Waals surface area contributed by atoms with Crippen LogP contribution < -0.4 is 20.7 Å². The maximum Gasteiger partial charge on any atom is 0.332 e. The number of nitrogens with zero attached hydrogens (tertiary/aromatic N) is 3. The molecule has 0 fully saturated rings. The Morgan fingerprint density at radius 1 is 1.07 bits per heavy atom. The fraction of sp³-hybridized carbons (Fsp3) is 0.350. The Hall–Kier alpha value is -3.33. The van der Waals surface area contributed by atoms with Crippen molar-refractivity contribution in [1.29, 1.82) is 0 Å². The van der Waals surface area contributed by atoms with Crippen molar-refractivity contribution in [2.45, 2.75) is 26.9 Å². The van der Waals surface area contributed by atoms with Gasteiger partial charge in [-0.3, -0.25) is 13.9 Å². The number of aryl methyl sites for hydroxylation is 1. The molecule has 0 bridgehead atoms. The van der Waals surface area contributed by atoms with Gasteiger partial charge in [0.1, 0.15) is 11.3 Å². The van der Waals surface area contributed by atoms with Crippen LogP contribution in [0, 0.1) is 0 Å². The molecule has 9 heteroatoms. The first kappa shape index (κ1) is 20.4. The van der Waals surface area contributed by atoms with Gasteiger partial charge in [-0.05, 0) is 37.6 Å². The van der Waals surface area contributed by atoms with Crippen molar-refractivity contribution in [3.8, 4) is 11.5 Å². The van der Waals surface area contributed by atoms with Crippen LogP contribution in [0.1, 0.15) is 25.2 Å². The van der Waals surface area contributed by atoms with E-state index in [-0.39, 0.29) is 18.0 Å². The second-order valence-electron chi connectivity index (χ2n) is 6.19. The van der Waals surface area contributed by atoms with Gasteiger partial charge < -0.3 is 19.2 Å². The van der Waals surface area contributed by atoms with Gasteiger partial charge in [0.2, 0.25) is 0 Å². The van der Waals surface area contributed by atoms with Gasteiger partial charge in [0.25, 0.3) is 5.56 Å². The Balaban J connectivity index is 1.98. The number of ether oxygens (including phenoxy) is 3. The highest BCUT2D eigenvalue weighted by Gasteiger charge is 2.15. The van der Waals surface area contributed by atoms with Crippen LogP contribution >= 0.6 is 0 Å². The lowest BCUT2D eigenvalue weighted by molar-refractivity contribution is 0.0491. The molecule has 1 N–H and O–H groups in total. The fourth-order valence-electron chi connectivity index (χ4n) is 3.03. The van der Waals surface area contributed by atoms with Crippen molar-refractivity contribution in [3.05, 3.63) is 50.4 Å². The lowest BCUT2D eigenvalue weighted by atomic mass is 10.2. The van der Waals surface area contributed by atoms with Crippen LogP contribution in [0.25, 0.3) is 23.3 Å². The van der Waals surface area contributed by atoms with Crippen LogP contribution in [0.15, 0.2) is 27.8 Å². The molecule has 0 saturated carbocycles. The quantitative estimate of drug-likeness (QED) is 0.581. The zero-order valence-electron chi connectivity index (χ0n) is 16.9. The normalized spacial score (nSPS) is 11.4. The van der Waals surface area contributed by atoms with Crippen molar-refractivity contribution in [1.82, 2.24) is 19.1 Å². The molecule has 0 aliphatic rings. The summed E-state index contributed by atoms with van der Waals surface area (Å²) < 4.78 is 18.4. The van der Waals surface area contributed by atoms with Crippen LogP contribution in [0.5, 0.6) is 11.5 Å². The van der Waals surface area contributed by atoms with Gasteiger partial charge >= 0.3 is 5.69 Å². The number of H-pyrrole nitrogens is 1. The topological polar surface area (TPSA) is 100 Å². The number of benzene rings is 1. The van der Waals surface area contributed by atoms with E-state index in [1.165, 1.54) is 9.13 Å². The van der Waals surface area contributed by atoms with E-state index in [0.29, 0.717) is 41.6 Å². The van der Waals surface area contributed by atoms with Crippen molar-refractivity contribution >= 4 is 23.3 Å². The van der Waals surface area contributed by atoms with Crippen LogP contribution in [-0.2, 0) is 17.8 Å². The summed E-state index contributed by atoms with van der Waals surface area (Å²) in [7, 11) is 3.11. The van der Waals surface area contributed by atoms with Gasteiger partial charge in [-0.15, -0.1) is 0 Å². The first-order valence-corrected chi connectivity index (χ1v) is 9.25. The van der Waals surface area contributed by atoms with E-state index >= 15 is 0 Å². The molecule has 0 amide bonds. The van der Waals surface area contributed by atoms with Crippen LogP contribution in [-0.4, -0.2) is 40.1 Å². The van der Waals surface area contributed by atoms with E-state index in [4.69, 9.17) is 14.2 Å². The third-order valence-corrected chi connectivity index (χ3v) is 4.47. The zero-order valence-corrected chi connectivity index (χ0v) is 16.9. The molecule has 2 aromatic heterocycles. The number of imidazole rings is 1. The molecule has 2 heterocycles. The molecule has 9 nitrogen and oxygen atoms in total. The molecular weight excluding hydrogens is 376 g/mol. The highest BCUT2D eigenvalue weighted by Crippen LogP contribution is 2.28. The molecular formula is C20H24N4O5. The number of aromatic amines is 1. The zero-order chi connectivity index (χ0) is 21.0. The summed E-state index contributed by atoms with van der Waals surface area (Å²) in [6, 6.07) is 5.46. The van der Waals surface area contributed by atoms with Crippen LogP contribution in [0.4, 0.5) is 0 Å². The molecule has 0 radical (unpaired) electrons. The average Bonchev–Trinajstić information content (AvgIpc) is 3.16. The highest BCUT2D eigenvalue weighted by molar-refractivity contribution is 5.76. The summed E-state index contributed by atoms with van der Waals surface area (Å²) in [5.74, 6) is 1.62. The van der Waals surface area contributed by atoms with Gasteiger partial charge in [0.15, 0.2) is 23.9 Å². The minimum absolute atomic E-state index is 0.124. The number of methoxy groups -OCH3 is 2. The summed E-state index contributed by atoms with van der Waals surface area (Å²) in [6.07, 6.45) is 3.57. The standard InChI is InChI=1S/C20H24N4O5/c1-5-23-18-17(19(25)24(6-2)20(23)26)21-16(22-18)10-8-13-7-9-14(29-12-27-3)15(11-13)28-4/h7-11H,5-6,12H2,1-4H3,(H,21,22). The van der Waals surface area contributed by atoms with E-state index in [2.05, 4.69) is 9.97 Å². The molecule has 3 aromatic rings. The van der Waals surface area contributed by atoms with Crippen molar-refractivity contribution in [2.24, 2.45) is 0 Å². The third kappa shape index (κ3) is 3.95. The molecule has 29 heavy (non-hydrogen) atoms. The largest absolute Gasteiger partial charge is 0.493 e. The summed E-state index contributed by atoms with van der Waals surface area (Å²) in [5, 5.41) is 0. The second kappa shape index (κ2) is 8.78. The van der Waals surface area contributed by atoms with Gasteiger partial charge in [-0.25, -0.2) is 9.78 Å². The van der Waals surface area contributed by atoms with Crippen LogP contribution in [0.3, 0.4) is 0 Å². The maximum atomic E-state index is 12.6. The molecule has 0 aliphatic heterocycles. The molecule has 3 rings (SSSR count). The van der Waals surface area contributed by atoms with E-state index in [1.807, 2.05) is 25.1 Å². The number of nitrogens with one attached hydrogen (secondary N) is 1. The van der Waals surface area contributed by atoms with Crippen molar-refractivity contribution in [3.63, 3.8) is 0 Å². The van der Waals surface area contributed by atoms with Gasteiger partial charge in [-0.1, -0.05) is 12.1 Å². The summed E-state index contributed by atoms with van der Waals surface area (Å²) >= 11 is 0. The molecule has 0 saturated heterocycles. The van der Waals surface area contributed by atoms with E-state index in [9.17, 15) is 9.59 Å². The van der Waals surface area contributed by atoms with Gasteiger partial charge in [0.05, 0.1) is 7.11 Å². The molecule has 0 atom stereocenters. The lowest BCUT2D eigenvalue weighted by Crippen LogP contribution is -2.39. The third-order valence-electron chi connectivity index (χ3n) is 4.47. The van der Waals surface area contributed by atoms with Gasteiger partial charge in [-0.2, -0.15) is 0 Å². The van der Waals surface area contributed by atoms with Crippen molar-refractivity contribution < 1.29 is 14.2 Å². The molecule has 1 aromatic carbocycles. The van der Waals surface area contributed by atoms with Gasteiger partial charge in [0, 0.05) is 20.2 Å². The SMILES string of the molecule is CCn1c(=O)c2[nH]c(C=Cc3ccc(OCOC)c(OC)c3)nc2n(CC)c1=O. The minimum Gasteiger partial charge on any atom is -0.493 e. The Bertz CT molecular complexity index is 1160. The Kier molecular flexibility index (Phi) is 6.18. The summed E-state index contributed by atoms with van der Waals surface area (Å²) in [4.78, 5) is 32.5.